The number of rotatable bonds is 12. The van der Waals surface area contributed by atoms with Crippen molar-refractivity contribution in [3.8, 4) is 5.75 Å². The molecule has 1 amide bonds. The molecule has 0 fully saturated rings. The summed E-state index contributed by atoms with van der Waals surface area (Å²) < 4.78 is 18.4. The Morgan fingerprint density at radius 2 is 1.92 bits per heavy atom. The van der Waals surface area contributed by atoms with Gasteiger partial charge in [-0.2, -0.15) is 0 Å². The van der Waals surface area contributed by atoms with Crippen LogP contribution in [-0.2, 0) is 14.2 Å². The van der Waals surface area contributed by atoms with Crippen molar-refractivity contribution < 1.29 is 23.9 Å². The number of hydrogen-bond donors (Lipinski definition) is 2. The second-order valence-electron chi connectivity index (χ2n) is 6.16. The quantitative estimate of drug-likeness (QED) is 0.326. The molecule has 1 aromatic rings. The van der Waals surface area contributed by atoms with Crippen LogP contribution in [0.4, 0.5) is 0 Å². The maximum atomic E-state index is 12.8. The largest absolute Gasteiger partial charge is 0.442 e. The van der Waals surface area contributed by atoms with E-state index in [1.807, 2.05) is 13.0 Å². The molecule has 0 radical (unpaired) electrons. The van der Waals surface area contributed by atoms with Crippen LogP contribution in [0.5, 0.6) is 5.75 Å². The lowest BCUT2D eigenvalue weighted by molar-refractivity contribution is -0.175. The van der Waals surface area contributed by atoms with Crippen molar-refractivity contribution >= 4 is 19.1 Å². The maximum absolute atomic E-state index is 12.8. The molecule has 8 heteroatoms. The van der Waals surface area contributed by atoms with Gasteiger partial charge in [-0.3, -0.25) is 19.9 Å². The molecule has 0 heterocycles. The fourth-order valence-electron chi connectivity index (χ4n) is 2.37. The molecule has 0 aliphatic carbocycles. The van der Waals surface area contributed by atoms with Gasteiger partial charge in [0, 0.05) is 12.6 Å². The van der Waals surface area contributed by atoms with Gasteiger partial charge in [-0.05, 0) is 31.9 Å². The highest BCUT2D eigenvalue weighted by molar-refractivity contribution is 7.59. The number of Topliss-reactive ketones (excluding diaryl/α,β-unsaturated/α-hetero) is 1. The SMILES string of the molecule is CCC(CCC(C)=O)N(O)C(=O)CNCP(=O)(CC)Oc1ccccc1. The third kappa shape index (κ3) is 7.68. The Kier molecular flexibility index (Phi) is 9.55. The lowest BCUT2D eigenvalue weighted by atomic mass is 10.1. The van der Waals surface area contributed by atoms with Gasteiger partial charge >= 0.3 is 0 Å². The van der Waals surface area contributed by atoms with E-state index in [4.69, 9.17) is 4.52 Å². The summed E-state index contributed by atoms with van der Waals surface area (Å²) in [6.07, 6.45) is 1.62. The standard InChI is InChI=1S/C18H29N2O5P/c1-4-16(12-11-15(3)21)20(23)18(22)13-19-14-26(24,5-2)25-17-9-7-6-8-10-17/h6-10,16,19,23H,4-5,11-14H2,1-3H3. The minimum absolute atomic E-state index is 0.0179. The van der Waals surface area contributed by atoms with Crippen molar-refractivity contribution in [1.82, 2.24) is 10.4 Å². The zero-order valence-electron chi connectivity index (χ0n) is 15.7. The van der Waals surface area contributed by atoms with E-state index in [0.29, 0.717) is 36.2 Å². The summed E-state index contributed by atoms with van der Waals surface area (Å²) in [4.78, 5) is 23.2. The molecule has 1 aromatic carbocycles. The molecule has 2 unspecified atom stereocenters. The maximum Gasteiger partial charge on any atom is 0.261 e. The summed E-state index contributed by atoms with van der Waals surface area (Å²) in [7, 11) is -2.97. The molecule has 0 aliphatic heterocycles. The first-order chi connectivity index (χ1) is 12.3. The number of carbonyl (C=O) groups excluding carboxylic acids is 2. The average molecular weight is 384 g/mol. The number of benzene rings is 1. The van der Waals surface area contributed by atoms with Crippen LogP contribution >= 0.6 is 7.37 Å². The third-order valence-corrected chi connectivity index (χ3v) is 6.24. The summed E-state index contributed by atoms with van der Waals surface area (Å²) in [6, 6.07) is 8.47. The van der Waals surface area contributed by atoms with E-state index in [-0.39, 0.29) is 18.6 Å². The van der Waals surface area contributed by atoms with Gasteiger partial charge in [0.15, 0.2) is 0 Å². The van der Waals surface area contributed by atoms with E-state index >= 15 is 0 Å². The average Bonchev–Trinajstić information content (AvgIpc) is 2.62. The number of nitrogens with one attached hydrogen (secondary N) is 1. The highest BCUT2D eigenvalue weighted by atomic mass is 31.2. The van der Waals surface area contributed by atoms with Gasteiger partial charge in [-0.1, -0.05) is 32.0 Å². The fraction of sp³-hybridized carbons (Fsp3) is 0.556. The Morgan fingerprint density at radius 3 is 2.46 bits per heavy atom. The number of carbonyl (C=O) groups is 2. The van der Waals surface area contributed by atoms with E-state index in [1.165, 1.54) is 6.92 Å². The summed E-state index contributed by atoms with van der Waals surface area (Å²) in [5.74, 6) is 0.0111. The second-order valence-corrected chi connectivity index (χ2v) is 8.92. The summed E-state index contributed by atoms with van der Waals surface area (Å²) in [6.45, 7) is 4.93. The molecule has 2 N–H and O–H groups in total. The van der Waals surface area contributed by atoms with Crippen LogP contribution in [0.2, 0.25) is 0 Å². The number of para-hydroxylation sites is 1. The Balaban J connectivity index is 2.51. The van der Waals surface area contributed by atoms with Crippen LogP contribution in [0.3, 0.4) is 0 Å². The summed E-state index contributed by atoms with van der Waals surface area (Å²) in [5.41, 5.74) is 0. The van der Waals surface area contributed by atoms with Crippen LogP contribution in [0.15, 0.2) is 30.3 Å². The lowest BCUT2D eigenvalue weighted by Gasteiger charge is -2.25. The summed E-state index contributed by atoms with van der Waals surface area (Å²) in [5, 5.41) is 13.5. The highest BCUT2D eigenvalue weighted by Gasteiger charge is 2.24. The number of nitrogens with zero attached hydrogens (tertiary/aromatic N) is 1. The Labute approximate surface area is 155 Å². The molecule has 0 spiro atoms. The first kappa shape index (κ1) is 22.4. The molecule has 0 saturated carbocycles. The molecular formula is C18H29N2O5P. The van der Waals surface area contributed by atoms with Crippen LogP contribution in [0, 0.1) is 0 Å². The Hall–Kier alpha value is -1.69. The minimum atomic E-state index is -2.97. The molecule has 2 atom stereocenters. The smallest absolute Gasteiger partial charge is 0.261 e. The lowest BCUT2D eigenvalue weighted by Crippen LogP contribution is -2.42. The van der Waals surface area contributed by atoms with Crippen molar-refractivity contribution in [2.24, 2.45) is 0 Å². The zero-order valence-corrected chi connectivity index (χ0v) is 16.6. The summed E-state index contributed by atoms with van der Waals surface area (Å²) >= 11 is 0. The molecule has 7 nitrogen and oxygen atoms in total. The van der Waals surface area contributed by atoms with Crippen LogP contribution in [0.1, 0.15) is 40.0 Å². The van der Waals surface area contributed by atoms with Crippen LogP contribution in [0.25, 0.3) is 0 Å². The van der Waals surface area contributed by atoms with E-state index in [0.717, 1.165) is 0 Å². The predicted octanol–water partition coefficient (Wildman–Crippen LogP) is 3.28. The van der Waals surface area contributed by atoms with E-state index < -0.39 is 19.3 Å². The van der Waals surface area contributed by atoms with Gasteiger partial charge in [0.05, 0.1) is 18.9 Å². The van der Waals surface area contributed by atoms with Gasteiger partial charge in [-0.25, -0.2) is 5.06 Å². The first-order valence-electron chi connectivity index (χ1n) is 8.85. The number of ketones is 1. The van der Waals surface area contributed by atoms with E-state index in [1.54, 1.807) is 31.2 Å². The van der Waals surface area contributed by atoms with Crippen molar-refractivity contribution in [2.45, 2.75) is 46.1 Å². The van der Waals surface area contributed by atoms with Crippen molar-refractivity contribution in [3.05, 3.63) is 30.3 Å². The Morgan fingerprint density at radius 1 is 1.27 bits per heavy atom. The normalized spacial score (nSPS) is 14.3. The van der Waals surface area contributed by atoms with E-state index in [2.05, 4.69) is 5.32 Å². The van der Waals surface area contributed by atoms with E-state index in [9.17, 15) is 19.4 Å². The second kappa shape index (κ2) is 11.1. The third-order valence-electron chi connectivity index (χ3n) is 4.03. The van der Waals surface area contributed by atoms with Crippen molar-refractivity contribution in [1.29, 1.82) is 0 Å². The molecule has 146 valence electrons. The molecule has 26 heavy (non-hydrogen) atoms. The molecule has 0 aliphatic rings. The topological polar surface area (TPSA) is 95.9 Å². The number of hydrogen-bond acceptors (Lipinski definition) is 6. The monoisotopic (exact) mass is 384 g/mol. The molecule has 0 aromatic heterocycles. The molecule has 0 saturated heterocycles. The zero-order chi connectivity index (χ0) is 19.6. The first-order valence-corrected chi connectivity index (χ1v) is 10.8. The molecule has 0 bridgehead atoms. The number of amides is 1. The van der Waals surface area contributed by atoms with Gasteiger partial charge in [0.2, 0.25) is 0 Å². The van der Waals surface area contributed by atoms with Crippen molar-refractivity contribution in [3.63, 3.8) is 0 Å². The number of hydroxylamine groups is 2. The fourth-order valence-corrected chi connectivity index (χ4v) is 3.74. The van der Waals surface area contributed by atoms with Crippen molar-refractivity contribution in [2.75, 3.05) is 19.0 Å². The molecular weight excluding hydrogens is 355 g/mol. The Bertz CT molecular complexity index is 623. The van der Waals surface area contributed by atoms with Gasteiger partial charge in [-0.15, -0.1) is 0 Å². The minimum Gasteiger partial charge on any atom is -0.442 e. The predicted molar refractivity (Wildman–Crippen MR) is 101 cm³/mol. The highest BCUT2D eigenvalue weighted by Crippen LogP contribution is 2.45. The molecule has 1 rings (SSSR count). The van der Waals surface area contributed by atoms with Gasteiger partial charge < -0.3 is 9.32 Å². The van der Waals surface area contributed by atoms with Gasteiger partial charge in [0.1, 0.15) is 11.5 Å². The van der Waals surface area contributed by atoms with Crippen LogP contribution in [-0.4, -0.2) is 47.0 Å². The van der Waals surface area contributed by atoms with Gasteiger partial charge in [0.25, 0.3) is 13.3 Å². The van der Waals surface area contributed by atoms with Crippen LogP contribution < -0.4 is 9.84 Å².